The number of hydrogen-bond acceptors (Lipinski definition) is 3. The highest BCUT2D eigenvalue weighted by Crippen LogP contribution is 2.26. The summed E-state index contributed by atoms with van der Waals surface area (Å²) < 4.78 is 2.08. The van der Waals surface area contributed by atoms with Crippen LogP contribution in [0, 0.1) is 25.2 Å². The van der Waals surface area contributed by atoms with Crippen molar-refractivity contribution in [1.82, 2.24) is 9.55 Å². The van der Waals surface area contributed by atoms with Crippen LogP contribution in [0.5, 0.6) is 0 Å². The van der Waals surface area contributed by atoms with Crippen LogP contribution in [0.25, 0.3) is 10.9 Å². The zero-order chi connectivity index (χ0) is 15.0. The fourth-order valence-corrected chi connectivity index (χ4v) is 2.56. The molecule has 2 heterocycles. The van der Waals surface area contributed by atoms with Gasteiger partial charge in [0.05, 0.1) is 16.9 Å². The molecule has 3 rings (SSSR count). The number of nitriles is 1. The molecular formula is C17H16N4. The van der Waals surface area contributed by atoms with Gasteiger partial charge in [0.25, 0.3) is 0 Å². The Morgan fingerprint density at radius 2 is 2.00 bits per heavy atom. The van der Waals surface area contributed by atoms with Crippen LogP contribution in [0.2, 0.25) is 0 Å². The molecule has 0 unspecified atom stereocenters. The fraction of sp³-hybridized carbons (Fsp3) is 0.176. The second-order valence-electron chi connectivity index (χ2n) is 5.21. The SMILES string of the molecule is Cc1cc(Nc2ccc3ccn(C)c3c2)c(C#N)c(C)n1. The van der Waals surface area contributed by atoms with E-state index in [4.69, 9.17) is 0 Å². The normalized spacial score (nSPS) is 10.6. The lowest BCUT2D eigenvalue weighted by molar-refractivity contribution is 0.969. The average Bonchev–Trinajstić information content (AvgIpc) is 2.80. The largest absolute Gasteiger partial charge is 0.354 e. The number of nitrogens with one attached hydrogen (secondary N) is 1. The summed E-state index contributed by atoms with van der Waals surface area (Å²) in [6.07, 6.45) is 2.04. The van der Waals surface area contributed by atoms with Crippen molar-refractivity contribution in [3.05, 3.63) is 53.5 Å². The van der Waals surface area contributed by atoms with Crippen LogP contribution in [-0.2, 0) is 7.05 Å². The topological polar surface area (TPSA) is 53.6 Å². The lowest BCUT2D eigenvalue weighted by Gasteiger charge is -2.11. The number of anilines is 2. The third-order valence-corrected chi connectivity index (χ3v) is 3.61. The molecule has 0 radical (unpaired) electrons. The van der Waals surface area contributed by atoms with Crippen LogP contribution < -0.4 is 5.32 Å². The summed E-state index contributed by atoms with van der Waals surface area (Å²) in [6, 6.07) is 12.4. The number of aryl methyl sites for hydroxylation is 3. The molecule has 0 saturated heterocycles. The minimum absolute atomic E-state index is 0.590. The molecule has 0 bridgehead atoms. The van der Waals surface area contributed by atoms with E-state index in [2.05, 4.69) is 39.1 Å². The zero-order valence-corrected chi connectivity index (χ0v) is 12.3. The predicted molar refractivity (Wildman–Crippen MR) is 84.6 cm³/mol. The van der Waals surface area contributed by atoms with Crippen molar-refractivity contribution in [3.63, 3.8) is 0 Å². The Bertz CT molecular complexity index is 868. The molecule has 1 N–H and O–H groups in total. The third kappa shape index (κ3) is 2.34. The van der Waals surface area contributed by atoms with Gasteiger partial charge in [-0.15, -0.1) is 0 Å². The maximum atomic E-state index is 9.32. The molecule has 0 aliphatic carbocycles. The van der Waals surface area contributed by atoms with Crippen LogP contribution in [0.15, 0.2) is 36.5 Å². The van der Waals surface area contributed by atoms with E-state index in [-0.39, 0.29) is 0 Å². The lowest BCUT2D eigenvalue weighted by atomic mass is 10.1. The number of pyridine rings is 1. The van der Waals surface area contributed by atoms with E-state index in [0.717, 1.165) is 28.3 Å². The third-order valence-electron chi connectivity index (χ3n) is 3.61. The average molecular weight is 276 g/mol. The van der Waals surface area contributed by atoms with Crippen LogP contribution in [-0.4, -0.2) is 9.55 Å². The number of benzene rings is 1. The zero-order valence-electron chi connectivity index (χ0n) is 12.3. The van der Waals surface area contributed by atoms with E-state index in [1.165, 1.54) is 5.39 Å². The summed E-state index contributed by atoms with van der Waals surface area (Å²) in [5, 5.41) is 13.9. The Morgan fingerprint density at radius 1 is 1.19 bits per heavy atom. The molecule has 4 nitrogen and oxygen atoms in total. The molecule has 0 atom stereocenters. The molecule has 0 saturated carbocycles. The first-order chi connectivity index (χ1) is 10.1. The predicted octanol–water partition coefficient (Wildman–Crippen LogP) is 3.81. The number of rotatable bonds is 2. The van der Waals surface area contributed by atoms with Crippen molar-refractivity contribution in [2.75, 3.05) is 5.32 Å². The van der Waals surface area contributed by atoms with Gasteiger partial charge in [0, 0.05) is 30.1 Å². The first-order valence-corrected chi connectivity index (χ1v) is 6.79. The van der Waals surface area contributed by atoms with Crippen molar-refractivity contribution in [2.24, 2.45) is 7.05 Å². The number of hydrogen-bond donors (Lipinski definition) is 1. The maximum Gasteiger partial charge on any atom is 0.103 e. The van der Waals surface area contributed by atoms with Crippen LogP contribution in [0.1, 0.15) is 17.0 Å². The standard InChI is InChI=1S/C17H16N4/c1-11-8-16(15(10-18)12(2)19-11)20-14-5-4-13-6-7-21(3)17(13)9-14/h4-9H,1-3H3,(H,19,20). The minimum atomic E-state index is 0.590. The van der Waals surface area contributed by atoms with E-state index < -0.39 is 0 Å². The molecule has 0 amide bonds. The molecule has 0 spiro atoms. The molecule has 0 fully saturated rings. The summed E-state index contributed by atoms with van der Waals surface area (Å²) in [5.74, 6) is 0. The second-order valence-corrected chi connectivity index (χ2v) is 5.21. The highest BCUT2D eigenvalue weighted by atomic mass is 14.9. The summed E-state index contributed by atoms with van der Waals surface area (Å²) in [4.78, 5) is 4.34. The first kappa shape index (κ1) is 13.2. The molecule has 3 aromatic rings. The first-order valence-electron chi connectivity index (χ1n) is 6.79. The van der Waals surface area contributed by atoms with Gasteiger partial charge in [-0.25, -0.2) is 0 Å². The van der Waals surface area contributed by atoms with Gasteiger partial charge < -0.3 is 9.88 Å². The van der Waals surface area contributed by atoms with E-state index in [0.29, 0.717) is 5.56 Å². The Morgan fingerprint density at radius 3 is 2.76 bits per heavy atom. The van der Waals surface area contributed by atoms with Gasteiger partial charge >= 0.3 is 0 Å². The molecule has 1 aromatic carbocycles. The molecule has 21 heavy (non-hydrogen) atoms. The van der Waals surface area contributed by atoms with Crippen molar-refractivity contribution < 1.29 is 0 Å². The molecule has 2 aromatic heterocycles. The van der Waals surface area contributed by atoms with Gasteiger partial charge in [-0.05, 0) is 43.5 Å². The molecule has 4 heteroatoms. The minimum Gasteiger partial charge on any atom is -0.354 e. The number of nitrogens with zero attached hydrogens (tertiary/aromatic N) is 3. The van der Waals surface area contributed by atoms with Gasteiger partial charge in [0.2, 0.25) is 0 Å². The fourth-order valence-electron chi connectivity index (χ4n) is 2.56. The smallest absolute Gasteiger partial charge is 0.103 e. The quantitative estimate of drug-likeness (QED) is 0.774. The van der Waals surface area contributed by atoms with Crippen molar-refractivity contribution >= 4 is 22.3 Å². The lowest BCUT2D eigenvalue weighted by Crippen LogP contribution is -1.99. The van der Waals surface area contributed by atoms with Crippen LogP contribution >= 0.6 is 0 Å². The van der Waals surface area contributed by atoms with Gasteiger partial charge in [-0.3, -0.25) is 4.98 Å². The van der Waals surface area contributed by atoms with Crippen molar-refractivity contribution in [3.8, 4) is 6.07 Å². The monoisotopic (exact) mass is 276 g/mol. The van der Waals surface area contributed by atoms with Crippen molar-refractivity contribution in [1.29, 1.82) is 5.26 Å². The summed E-state index contributed by atoms with van der Waals surface area (Å²) in [6.45, 7) is 3.79. The van der Waals surface area contributed by atoms with E-state index >= 15 is 0 Å². The van der Waals surface area contributed by atoms with Crippen LogP contribution in [0.3, 0.4) is 0 Å². The molecule has 0 aliphatic rings. The highest BCUT2D eigenvalue weighted by molar-refractivity contribution is 5.85. The number of fused-ring (bicyclic) bond motifs is 1. The second kappa shape index (κ2) is 4.95. The van der Waals surface area contributed by atoms with Gasteiger partial charge in [0.1, 0.15) is 6.07 Å². The Labute approximate surface area is 123 Å². The van der Waals surface area contributed by atoms with Gasteiger partial charge in [0.15, 0.2) is 0 Å². The van der Waals surface area contributed by atoms with Gasteiger partial charge in [-0.2, -0.15) is 5.26 Å². The Hall–Kier alpha value is -2.80. The van der Waals surface area contributed by atoms with Crippen molar-refractivity contribution in [2.45, 2.75) is 13.8 Å². The summed E-state index contributed by atoms with van der Waals surface area (Å²) in [5.41, 5.74) is 5.16. The Kier molecular flexibility index (Phi) is 3.11. The summed E-state index contributed by atoms with van der Waals surface area (Å²) >= 11 is 0. The molecule has 0 aliphatic heterocycles. The highest BCUT2D eigenvalue weighted by Gasteiger charge is 2.09. The number of aromatic nitrogens is 2. The molecule has 104 valence electrons. The summed E-state index contributed by atoms with van der Waals surface area (Å²) in [7, 11) is 2.02. The maximum absolute atomic E-state index is 9.32. The van der Waals surface area contributed by atoms with E-state index in [9.17, 15) is 5.26 Å². The van der Waals surface area contributed by atoms with Gasteiger partial charge in [-0.1, -0.05) is 6.07 Å². The Balaban J connectivity index is 2.06. The molecular weight excluding hydrogens is 260 g/mol. The van der Waals surface area contributed by atoms with Crippen LogP contribution in [0.4, 0.5) is 11.4 Å². The van der Waals surface area contributed by atoms with E-state index in [1.54, 1.807) is 0 Å². The van der Waals surface area contributed by atoms with E-state index in [1.807, 2.05) is 39.2 Å².